The highest BCUT2D eigenvalue weighted by atomic mass is 16.3. The first kappa shape index (κ1) is 12.8. The zero-order valence-corrected chi connectivity index (χ0v) is 11.1. The lowest BCUT2D eigenvalue weighted by atomic mass is 9.63. The molecule has 98 valence electrons. The van der Waals surface area contributed by atoms with Crippen molar-refractivity contribution in [3.8, 4) is 0 Å². The second-order valence-corrected chi connectivity index (χ2v) is 5.87. The van der Waals surface area contributed by atoms with Crippen molar-refractivity contribution in [2.75, 3.05) is 13.1 Å². The summed E-state index contributed by atoms with van der Waals surface area (Å²) in [5, 5.41) is 13.0. The van der Waals surface area contributed by atoms with Gasteiger partial charge in [-0.15, -0.1) is 0 Å². The molecule has 2 aliphatic rings. The zero-order valence-electron chi connectivity index (χ0n) is 11.1. The first-order valence-electron chi connectivity index (χ1n) is 6.70. The third-order valence-electron chi connectivity index (χ3n) is 4.46. The summed E-state index contributed by atoms with van der Waals surface area (Å²) >= 11 is 0. The summed E-state index contributed by atoms with van der Waals surface area (Å²) in [6, 6.07) is 0.203. The molecule has 2 rings (SSSR count). The Balaban J connectivity index is 2.04. The van der Waals surface area contributed by atoms with Crippen molar-refractivity contribution in [2.45, 2.75) is 58.2 Å². The minimum Gasteiger partial charge on any atom is -0.392 e. The summed E-state index contributed by atoms with van der Waals surface area (Å²) in [6.07, 6.45) is 2.47. The Morgan fingerprint density at radius 1 is 1.53 bits per heavy atom. The van der Waals surface area contributed by atoms with E-state index < -0.39 is 0 Å². The maximum absolute atomic E-state index is 12.3. The average Bonchev–Trinajstić information content (AvgIpc) is 2.30. The molecule has 0 bridgehead atoms. The van der Waals surface area contributed by atoms with Crippen LogP contribution in [0.5, 0.6) is 0 Å². The number of nitrogens with one attached hydrogen (secondary N) is 1. The van der Waals surface area contributed by atoms with Crippen molar-refractivity contribution in [3.63, 3.8) is 0 Å². The van der Waals surface area contributed by atoms with Gasteiger partial charge in [0.05, 0.1) is 12.1 Å². The Morgan fingerprint density at radius 2 is 2.24 bits per heavy atom. The molecule has 3 unspecified atom stereocenters. The smallest absolute Gasteiger partial charge is 0.239 e. The van der Waals surface area contributed by atoms with Gasteiger partial charge in [-0.05, 0) is 25.8 Å². The predicted molar refractivity (Wildman–Crippen MR) is 66.6 cm³/mol. The van der Waals surface area contributed by atoms with Crippen LogP contribution in [0.15, 0.2) is 0 Å². The van der Waals surface area contributed by atoms with E-state index in [1.807, 2.05) is 11.8 Å². The van der Waals surface area contributed by atoms with E-state index in [0.29, 0.717) is 0 Å². The van der Waals surface area contributed by atoms with Crippen molar-refractivity contribution in [3.05, 3.63) is 0 Å². The van der Waals surface area contributed by atoms with Gasteiger partial charge >= 0.3 is 0 Å². The van der Waals surface area contributed by atoms with Crippen LogP contribution in [0, 0.1) is 5.41 Å². The lowest BCUT2D eigenvalue weighted by molar-refractivity contribution is -0.161. The summed E-state index contributed by atoms with van der Waals surface area (Å²) < 4.78 is 0. The number of likely N-dealkylation sites (N-methyl/N-ethyl adjacent to an activating group) is 1. The maximum atomic E-state index is 12.3. The van der Waals surface area contributed by atoms with Crippen molar-refractivity contribution < 1.29 is 9.90 Å². The van der Waals surface area contributed by atoms with Gasteiger partial charge in [0.15, 0.2) is 0 Å². The highest BCUT2D eigenvalue weighted by Gasteiger charge is 2.52. The summed E-state index contributed by atoms with van der Waals surface area (Å²) in [5.41, 5.74) is -0.149. The number of hydrogen-bond donors (Lipinski definition) is 2. The Morgan fingerprint density at radius 3 is 2.76 bits per heavy atom. The van der Waals surface area contributed by atoms with Gasteiger partial charge in [-0.25, -0.2) is 0 Å². The topological polar surface area (TPSA) is 52.6 Å². The SMILES string of the molecule is CCNC1CCCN(C2CC(O)C2(C)C)C1=O. The van der Waals surface area contributed by atoms with Crippen LogP contribution >= 0.6 is 0 Å². The average molecular weight is 240 g/mol. The standard InChI is InChI=1S/C13H24N2O2/c1-4-14-9-6-5-7-15(12(9)17)10-8-11(16)13(10,2)3/h9-11,14,16H,4-8H2,1-3H3. The van der Waals surface area contributed by atoms with Crippen LogP contribution in [0.2, 0.25) is 0 Å². The Kier molecular flexibility index (Phi) is 3.46. The molecule has 3 atom stereocenters. The van der Waals surface area contributed by atoms with Crippen molar-refractivity contribution in [1.82, 2.24) is 10.2 Å². The number of piperidine rings is 1. The van der Waals surface area contributed by atoms with E-state index >= 15 is 0 Å². The molecule has 2 N–H and O–H groups in total. The van der Waals surface area contributed by atoms with E-state index in [1.54, 1.807) is 0 Å². The highest BCUT2D eigenvalue weighted by molar-refractivity contribution is 5.83. The van der Waals surface area contributed by atoms with Crippen LogP contribution in [0.1, 0.15) is 40.0 Å². The molecular weight excluding hydrogens is 216 g/mol. The molecule has 17 heavy (non-hydrogen) atoms. The summed E-state index contributed by atoms with van der Waals surface area (Å²) in [5.74, 6) is 0.225. The third-order valence-corrected chi connectivity index (χ3v) is 4.46. The van der Waals surface area contributed by atoms with Gasteiger partial charge in [0.25, 0.3) is 0 Å². The fourth-order valence-electron chi connectivity index (χ4n) is 3.05. The molecule has 0 aromatic rings. The van der Waals surface area contributed by atoms with Gasteiger partial charge < -0.3 is 15.3 Å². The lowest BCUT2D eigenvalue weighted by Gasteiger charge is -2.55. The summed E-state index contributed by atoms with van der Waals surface area (Å²) in [7, 11) is 0. The quantitative estimate of drug-likeness (QED) is 0.765. The second kappa shape index (κ2) is 4.58. The van der Waals surface area contributed by atoms with E-state index in [-0.39, 0.29) is 29.5 Å². The molecule has 1 amide bonds. The fourth-order valence-corrected chi connectivity index (χ4v) is 3.05. The molecule has 1 aliphatic heterocycles. The number of likely N-dealkylation sites (tertiary alicyclic amines) is 1. The molecule has 4 heteroatoms. The van der Waals surface area contributed by atoms with Crippen molar-refractivity contribution >= 4 is 5.91 Å². The van der Waals surface area contributed by atoms with E-state index in [2.05, 4.69) is 19.2 Å². The van der Waals surface area contributed by atoms with E-state index in [0.717, 1.165) is 32.4 Å². The molecule has 4 nitrogen and oxygen atoms in total. The number of rotatable bonds is 3. The molecular formula is C13H24N2O2. The van der Waals surface area contributed by atoms with E-state index in [1.165, 1.54) is 0 Å². The number of hydrogen-bond acceptors (Lipinski definition) is 3. The predicted octanol–water partition coefficient (Wildman–Crippen LogP) is 0.746. The van der Waals surface area contributed by atoms with Crippen molar-refractivity contribution in [2.24, 2.45) is 5.41 Å². The van der Waals surface area contributed by atoms with Crippen LogP contribution in [-0.2, 0) is 4.79 Å². The van der Waals surface area contributed by atoms with Gasteiger partial charge in [0.1, 0.15) is 0 Å². The second-order valence-electron chi connectivity index (χ2n) is 5.87. The molecule has 0 aromatic heterocycles. The van der Waals surface area contributed by atoms with Crippen LogP contribution in [-0.4, -0.2) is 47.2 Å². The summed E-state index contributed by atoms with van der Waals surface area (Å²) in [4.78, 5) is 14.3. The molecule has 2 fully saturated rings. The third kappa shape index (κ3) is 2.08. The molecule has 1 heterocycles. The fraction of sp³-hybridized carbons (Fsp3) is 0.923. The monoisotopic (exact) mass is 240 g/mol. The molecule has 1 saturated carbocycles. The molecule has 0 radical (unpaired) electrons. The van der Waals surface area contributed by atoms with Gasteiger partial charge in [-0.3, -0.25) is 4.79 Å². The number of nitrogens with zero attached hydrogens (tertiary/aromatic N) is 1. The van der Waals surface area contributed by atoms with Crippen LogP contribution < -0.4 is 5.32 Å². The minimum absolute atomic E-state index is 0.0118. The Labute approximate surface area is 103 Å². The summed E-state index contributed by atoms with van der Waals surface area (Å²) in [6.45, 7) is 7.82. The number of aliphatic hydroxyl groups is 1. The van der Waals surface area contributed by atoms with Crippen LogP contribution in [0.4, 0.5) is 0 Å². The largest absolute Gasteiger partial charge is 0.392 e. The highest BCUT2D eigenvalue weighted by Crippen LogP contribution is 2.44. The van der Waals surface area contributed by atoms with E-state index in [4.69, 9.17) is 0 Å². The molecule has 0 spiro atoms. The molecule has 0 aromatic carbocycles. The van der Waals surface area contributed by atoms with E-state index in [9.17, 15) is 9.90 Å². The zero-order chi connectivity index (χ0) is 12.6. The number of carbonyl (C=O) groups excluding carboxylic acids is 1. The Bertz CT molecular complexity index is 302. The number of carbonyl (C=O) groups is 1. The Hall–Kier alpha value is -0.610. The van der Waals surface area contributed by atoms with Crippen LogP contribution in [0.3, 0.4) is 0 Å². The maximum Gasteiger partial charge on any atom is 0.239 e. The van der Waals surface area contributed by atoms with Gasteiger partial charge in [-0.2, -0.15) is 0 Å². The lowest BCUT2D eigenvalue weighted by Crippen LogP contribution is -2.66. The molecule has 1 saturated heterocycles. The van der Waals surface area contributed by atoms with Gasteiger partial charge in [0.2, 0.25) is 5.91 Å². The number of aliphatic hydroxyl groups excluding tert-OH is 1. The van der Waals surface area contributed by atoms with Crippen molar-refractivity contribution in [1.29, 1.82) is 0 Å². The van der Waals surface area contributed by atoms with Gasteiger partial charge in [0, 0.05) is 18.0 Å². The van der Waals surface area contributed by atoms with Crippen LogP contribution in [0.25, 0.3) is 0 Å². The number of amides is 1. The molecule has 1 aliphatic carbocycles. The first-order chi connectivity index (χ1) is 7.98. The minimum atomic E-state index is -0.264. The first-order valence-corrected chi connectivity index (χ1v) is 6.70. The normalized spacial score (nSPS) is 36.8. The van der Waals surface area contributed by atoms with Gasteiger partial charge in [-0.1, -0.05) is 20.8 Å².